The van der Waals surface area contributed by atoms with Crippen LogP contribution in [-0.4, -0.2) is 14.3 Å². The molecular weight excluding hydrogens is 396 g/mol. The van der Waals surface area contributed by atoms with E-state index in [1.165, 1.54) is 18.2 Å². The number of nitrogens with one attached hydrogen (secondary N) is 2. The zero-order valence-corrected chi connectivity index (χ0v) is 16.9. The summed E-state index contributed by atoms with van der Waals surface area (Å²) in [6.45, 7) is 3.68. The summed E-state index contributed by atoms with van der Waals surface area (Å²) in [5.41, 5.74) is 2.97. The number of halogens is 1. The molecular formula is C21H19ClN2O3S. The van der Waals surface area contributed by atoms with Crippen molar-refractivity contribution >= 4 is 38.9 Å². The third-order valence-electron chi connectivity index (χ3n) is 4.15. The lowest BCUT2D eigenvalue weighted by atomic mass is 10.1. The Morgan fingerprint density at radius 2 is 1.64 bits per heavy atom. The van der Waals surface area contributed by atoms with E-state index in [4.69, 9.17) is 11.6 Å². The van der Waals surface area contributed by atoms with Crippen LogP contribution in [0.4, 0.5) is 11.4 Å². The number of carbonyl (C=O) groups is 1. The molecule has 0 aliphatic heterocycles. The third-order valence-corrected chi connectivity index (χ3v) is 6.00. The highest BCUT2D eigenvalue weighted by Gasteiger charge is 2.21. The second kappa shape index (κ2) is 8.04. The van der Waals surface area contributed by atoms with E-state index >= 15 is 0 Å². The van der Waals surface area contributed by atoms with Crippen molar-refractivity contribution in [2.24, 2.45) is 0 Å². The number of aryl methyl sites for hydroxylation is 2. The van der Waals surface area contributed by atoms with E-state index in [2.05, 4.69) is 10.0 Å². The van der Waals surface area contributed by atoms with Crippen molar-refractivity contribution in [2.75, 3.05) is 10.0 Å². The standard InChI is InChI=1S/C21H19ClN2O3S/c1-14-8-9-15(2)19(12-14)24-28(26,27)20-13-16(10-11-18(20)22)21(25)23-17-6-4-3-5-7-17/h3-13,24H,1-2H3,(H,23,25). The summed E-state index contributed by atoms with van der Waals surface area (Å²) < 4.78 is 28.3. The molecule has 0 unspecified atom stereocenters. The Labute approximate surface area is 169 Å². The van der Waals surface area contributed by atoms with Crippen molar-refractivity contribution in [1.82, 2.24) is 0 Å². The molecule has 0 bridgehead atoms. The van der Waals surface area contributed by atoms with Gasteiger partial charge in [0.15, 0.2) is 0 Å². The monoisotopic (exact) mass is 414 g/mol. The maximum atomic E-state index is 12.9. The molecule has 0 fully saturated rings. The molecule has 0 heterocycles. The van der Waals surface area contributed by atoms with E-state index in [-0.39, 0.29) is 15.5 Å². The number of sulfonamides is 1. The molecule has 3 aromatic rings. The van der Waals surface area contributed by atoms with Crippen LogP contribution in [0.15, 0.2) is 71.6 Å². The molecule has 144 valence electrons. The molecule has 2 N–H and O–H groups in total. The van der Waals surface area contributed by atoms with E-state index in [1.54, 1.807) is 30.3 Å². The SMILES string of the molecule is Cc1ccc(C)c(NS(=O)(=O)c2cc(C(=O)Nc3ccccc3)ccc2Cl)c1. The average molecular weight is 415 g/mol. The second-order valence-electron chi connectivity index (χ2n) is 6.39. The lowest BCUT2D eigenvalue weighted by molar-refractivity contribution is 0.102. The van der Waals surface area contributed by atoms with Crippen molar-refractivity contribution in [2.45, 2.75) is 18.7 Å². The molecule has 3 rings (SSSR count). The highest BCUT2D eigenvalue weighted by molar-refractivity contribution is 7.92. The van der Waals surface area contributed by atoms with E-state index in [0.29, 0.717) is 11.4 Å². The summed E-state index contributed by atoms with van der Waals surface area (Å²) in [5, 5.41) is 2.76. The Morgan fingerprint density at radius 3 is 2.36 bits per heavy atom. The van der Waals surface area contributed by atoms with Crippen molar-refractivity contribution in [3.05, 3.63) is 88.4 Å². The molecule has 7 heteroatoms. The minimum atomic E-state index is -3.97. The fourth-order valence-electron chi connectivity index (χ4n) is 2.62. The van der Waals surface area contributed by atoms with Crippen LogP contribution >= 0.6 is 11.6 Å². The Morgan fingerprint density at radius 1 is 0.929 bits per heavy atom. The van der Waals surface area contributed by atoms with Gasteiger partial charge in [-0.3, -0.25) is 9.52 Å². The summed E-state index contributed by atoms with van der Waals surface area (Å²) in [6.07, 6.45) is 0. The van der Waals surface area contributed by atoms with Crippen LogP contribution in [0.1, 0.15) is 21.5 Å². The first-order chi connectivity index (χ1) is 13.3. The summed E-state index contributed by atoms with van der Waals surface area (Å²) in [4.78, 5) is 12.3. The topological polar surface area (TPSA) is 75.3 Å². The number of para-hydroxylation sites is 1. The largest absolute Gasteiger partial charge is 0.322 e. The van der Waals surface area contributed by atoms with Crippen molar-refractivity contribution in [1.29, 1.82) is 0 Å². The van der Waals surface area contributed by atoms with Gasteiger partial charge in [0.1, 0.15) is 4.90 Å². The fraction of sp³-hybridized carbons (Fsp3) is 0.0952. The van der Waals surface area contributed by atoms with Crippen LogP contribution in [0.3, 0.4) is 0 Å². The van der Waals surface area contributed by atoms with Crippen LogP contribution in [0.2, 0.25) is 5.02 Å². The van der Waals surface area contributed by atoms with E-state index < -0.39 is 15.9 Å². The predicted octanol–water partition coefficient (Wildman–Crippen LogP) is 5.01. The fourth-order valence-corrected chi connectivity index (χ4v) is 4.27. The molecule has 0 aliphatic carbocycles. The van der Waals surface area contributed by atoms with Crippen molar-refractivity contribution < 1.29 is 13.2 Å². The van der Waals surface area contributed by atoms with Gasteiger partial charge in [-0.05, 0) is 61.4 Å². The van der Waals surface area contributed by atoms with Crippen LogP contribution in [-0.2, 0) is 10.0 Å². The predicted molar refractivity (Wildman–Crippen MR) is 113 cm³/mol. The molecule has 0 saturated heterocycles. The summed E-state index contributed by atoms with van der Waals surface area (Å²) in [7, 11) is -3.97. The molecule has 0 saturated carbocycles. The first kappa shape index (κ1) is 19.9. The molecule has 3 aromatic carbocycles. The second-order valence-corrected chi connectivity index (χ2v) is 8.45. The molecule has 0 spiro atoms. The van der Waals surface area contributed by atoms with E-state index in [1.807, 2.05) is 32.0 Å². The van der Waals surface area contributed by atoms with E-state index in [0.717, 1.165) is 11.1 Å². The lowest BCUT2D eigenvalue weighted by Gasteiger charge is -2.13. The smallest absolute Gasteiger partial charge is 0.263 e. The Bertz CT molecular complexity index is 1130. The van der Waals surface area contributed by atoms with Gasteiger partial charge in [-0.15, -0.1) is 0 Å². The van der Waals surface area contributed by atoms with Gasteiger partial charge in [0.2, 0.25) is 0 Å². The summed E-state index contributed by atoms with van der Waals surface area (Å²) in [5.74, 6) is -0.425. The van der Waals surface area contributed by atoms with Gasteiger partial charge in [-0.1, -0.05) is 41.9 Å². The van der Waals surface area contributed by atoms with Gasteiger partial charge < -0.3 is 5.32 Å². The van der Waals surface area contributed by atoms with Gasteiger partial charge in [0.05, 0.1) is 10.7 Å². The molecule has 1 amide bonds. The third kappa shape index (κ3) is 4.52. The number of rotatable bonds is 5. The average Bonchev–Trinajstić information content (AvgIpc) is 2.65. The highest BCUT2D eigenvalue weighted by Crippen LogP contribution is 2.27. The molecule has 0 aromatic heterocycles. The lowest BCUT2D eigenvalue weighted by Crippen LogP contribution is -2.17. The molecule has 0 atom stereocenters. The van der Waals surface area contributed by atoms with Gasteiger partial charge >= 0.3 is 0 Å². The Hall–Kier alpha value is -2.83. The number of amides is 1. The minimum absolute atomic E-state index is 0.0362. The first-order valence-corrected chi connectivity index (χ1v) is 10.4. The van der Waals surface area contributed by atoms with Gasteiger partial charge in [0, 0.05) is 11.3 Å². The maximum absolute atomic E-state index is 12.9. The van der Waals surface area contributed by atoms with Crippen LogP contribution in [0.5, 0.6) is 0 Å². The first-order valence-electron chi connectivity index (χ1n) is 8.52. The van der Waals surface area contributed by atoms with Crippen LogP contribution in [0, 0.1) is 13.8 Å². The zero-order valence-electron chi connectivity index (χ0n) is 15.4. The number of hydrogen-bond acceptors (Lipinski definition) is 3. The number of anilines is 2. The Balaban J connectivity index is 1.92. The maximum Gasteiger partial charge on any atom is 0.263 e. The summed E-state index contributed by atoms with van der Waals surface area (Å²) >= 11 is 6.13. The van der Waals surface area contributed by atoms with Crippen LogP contribution in [0.25, 0.3) is 0 Å². The normalized spacial score (nSPS) is 11.1. The molecule has 5 nitrogen and oxygen atoms in total. The van der Waals surface area contributed by atoms with Crippen molar-refractivity contribution in [3.63, 3.8) is 0 Å². The minimum Gasteiger partial charge on any atom is -0.322 e. The van der Waals surface area contributed by atoms with Gasteiger partial charge in [-0.25, -0.2) is 8.42 Å². The molecule has 0 radical (unpaired) electrons. The highest BCUT2D eigenvalue weighted by atomic mass is 35.5. The van der Waals surface area contributed by atoms with Gasteiger partial charge in [-0.2, -0.15) is 0 Å². The number of carbonyl (C=O) groups excluding carboxylic acids is 1. The Kier molecular flexibility index (Phi) is 5.72. The summed E-state index contributed by atoms with van der Waals surface area (Å²) in [6, 6.07) is 18.5. The van der Waals surface area contributed by atoms with Gasteiger partial charge in [0.25, 0.3) is 15.9 Å². The number of benzene rings is 3. The van der Waals surface area contributed by atoms with Crippen LogP contribution < -0.4 is 10.0 Å². The quantitative estimate of drug-likeness (QED) is 0.616. The molecule has 28 heavy (non-hydrogen) atoms. The number of hydrogen-bond donors (Lipinski definition) is 2. The van der Waals surface area contributed by atoms with Crippen molar-refractivity contribution in [3.8, 4) is 0 Å². The zero-order chi connectivity index (χ0) is 20.3. The molecule has 0 aliphatic rings. The van der Waals surface area contributed by atoms with E-state index in [9.17, 15) is 13.2 Å².